The Morgan fingerprint density at radius 2 is 1.88 bits per heavy atom. The largest absolute Gasteiger partial charge is 0.490 e. The van der Waals surface area contributed by atoms with E-state index in [0.29, 0.717) is 26.2 Å². The first-order valence-electron chi connectivity index (χ1n) is 4.38. The highest BCUT2D eigenvalue weighted by Gasteiger charge is 2.13. The van der Waals surface area contributed by atoms with Crippen LogP contribution in [0.4, 0.5) is 0 Å². The third-order valence-corrected chi connectivity index (χ3v) is 5.80. The molecule has 0 aliphatic rings. The highest BCUT2D eigenvalue weighted by atomic mass is 79.9. The minimum absolute atomic E-state index is 0.202. The van der Waals surface area contributed by atoms with Crippen molar-refractivity contribution < 1.29 is 13.5 Å². The van der Waals surface area contributed by atoms with E-state index in [1.807, 2.05) is 0 Å². The van der Waals surface area contributed by atoms with Crippen LogP contribution in [0.5, 0.6) is 5.75 Å². The molecule has 0 heterocycles. The monoisotopic (exact) mass is 512 g/mol. The van der Waals surface area contributed by atoms with Gasteiger partial charge < -0.3 is 9.29 Å². The second-order valence-corrected chi connectivity index (χ2v) is 7.65. The Morgan fingerprint density at radius 3 is 2.29 bits per heavy atom. The van der Waals surface area contributed by atoms with Gasteiger partial charge in [-0.2, -0.15) is 0 Å². The van der Waals surface area contributed by atoms with E-state index in [0.717, 1.165) is 5.33 Å². The second-order valence-electron chi connectivity index (χ2n) is 3.03. The Morgan fingerprint density at radius 1 is 1.35 bits per heavy atom. The molecule has 0 amide bonds. The smallest absolute Gasteiger partial charge is 0.186 e. The van der Waals surface area contributed by atoms with E-state index in [-0.39, 0.29) is 4.83 Å². The quantitative estimate of drug-likeness (QED) is 0.469. The van der Waals surface area contributed by atoms with E-state index in [1.165, 1.54) is 0 Å². The molecule has 0 fully saturated rings. The molecule has 8 heteroatoms. The Labute approximate surface area is 135 Å². The number of rotatable bonds is 5. The Kier molecular flexibility index (Phi) is 7.19. The Hall–Kier alpha value is 1.05. The van der Waals surface area contributed by atoms with Gasteiger partial charge in [-0.25, -0.2) is 4.21 Å². The van der Waals surface area contributed by atoms with Gasteiger partial charge in [0.1, 0.15) is 12.4 Å². The summed E-state index contributed by atoms with van der Waals surface area (Å²) in [6.07, 6.45) is 0. The SMILES string of the molecule is O=S(O)c1cc(Br)c(OCC(Br)CBr)c(Br)c1. The van der Waals surface area contributed by atoms with Crippen LogP contribution in [-0.4, -0.2) is 25.5 Å². The summed E-state index contributed by atoms with van der Waals surface area (Å²) in [5.41, 5.74) is 0. The maximum atomic E-state index is 10.9. The molecule has 0 aliphatic carbocycles. The minimum Gasteiger partial charge on any atom is -0.490 e. The van der Waals surface area contributed by atoms with E-state index in [1.54, 1.807) is 12.1 Å². The lowest BCUT2D eigenvalue weighted by Gasteiger charge is -2.13. The van der Waals surface area contributed by atoms with Crippen molar-refractivity contribution in [3.63, 3.8) is 0 Å². The predicted molar refractivity (Wildman–Crippen MR) is 82.9 cm³/mol. The summed E-state index contributed by atoms with van der Waals surface area (Å²) in [4.78, 5) is 0.514. The van der Waals surface area contributed by atoms with Gasteiger partial charge in [0.2, 0.25) is 0 Å². The number of benzene rings is 1. The van der Waals surface area contributed by atoms with Crippen LogP contribution in [0.1, 0.15) is 0 Å². The summed E-state index contributed by atoms with van der Waals surface area (Å²) in [5.74, 6) is 0.615. The standard InChI is InChI=1S/C9H8Br4O3S/c10-3-5(11)4-16-9-7(12)1-6(17(14)15)2-8(9)13/h1-2,5H,3-4H2,(H,14,15). The summed E-state index contributed by atoms with van der Waals surface area (Å²) in [5, 5.41) is 0.779. The fourth-order valence-corrected chi connectivity index (χ4v) is 3.47. The number of hydrogen-bond acceptors (Lipinski definition) is 2. The van der Waals surface area contributed by atoms with Crippen molar-refractivity contribution in [2.24, 2.45) is 0 Å². The van der Waals surface area contributed by atoms with Crippen LogP contribution in [0.25, 0.3) is 0 Å². The molecule has 0 bridgehead atoms. The van der Waals surface area contributed by atoms with Crippen molar-refractivity contribution in [1.29, 1.82) is 0 Å². The molecule has 2 unspecified atom stereocenters. The molecule has 1 N–H and O–H groups in total. The molecule has 2 atom stereocenters. The Bertz CT molecular complexity index is 404. The molecule has 3 nitrogen and oxygen atoms in total. The van der Waals surface area contributed by atoms with Gasteiger partial charge in [0.25, 0.3) is 0 Å². The molecule has 1 aromatic rings. The van der Waals surface area contributed by atoms with Gasteiger partial charge in [0.15, 0.2) is 11.1 Å². The lowest BCUT2D eigenvalue weighted by Crippen LogP contribution is -2.12. The zero-order valence-corrected chi connectivity index (χ0v) is 15.5. The number of alkyl halides is 2. The van der Waals surface area contributed by atoms with Gasteiger partial charge >= 0.3 is 0 Å². The molecule has 17 heavy (non-hydrogen) atoms. The van der Waals surface area contributed by atoms with Crippen LogP contribution >= 0.6 is 63.7 Å². The average Bonchev–Trinajstić information content (AvgIpc) is 2.27. The molecule has 0 aliphatic heterocycles. The topological polar surface area (TPSA) is 46.5 Å². The van der Waals surface area contributed by atoms with Crippen LogP contribution in [-0.2, 0) is 11.1 Å². The molecular formula is C9H8Br4O3S. The zero-order chi connectivity index (χ0) is 13.0. The van der Waals surface area contributed by atoms with E-state index in [4.69, 9.17) is 9.29 Å². The highest BCUT2D eigenvalue weighted by Crippen LogP contribution is 2.35. The van der Waals surface area contributed by atoms with Crippen molar-refractivity contribution in [3.8, 4) is 5.75 Å². The average molecular weight is 516 g/mol. The molecule has 1 aromatic carbocycles. The molecular weight excluding hydrogens is 508 g/mol. The van der Waals surface area contributed by atoms with Crippen LogP contribution in [0.15, 0.2) is 26.0 Å². The van der Waals surface area contributed by atoms with Crippen molar-refractivity contribution >= 4 is 74.8 Å². The summed E-state index contributed by atoms with van der Waals surface area (Å²) in [6, 6.07) is 3.13. The fraction of sp³-hybridized carbons (Fsp3) is 0.333. The van der Waals surface area contributed by atoms with Crippen molar-refractivity contribution in [3.05, 3.63) is 21.1 Å². The first kappa shape index (κ1) is 16.1. The maximum absolute atomic E-state index is 10.9. The van der Waals surface area contributed by atoms with E-state index in [9.17, 15) is 4.21 Å². The first-order chi connectivity index (χ1) is 7.95. The maximum Gasteiger partial charge on any atom is 0.186 e. The number of halogens is 4. The lowest BCUT2D eigenvalue weighted by molar-refractivity contribution is 0.321. The fourth-order valence-electron chi connectivity index (χ4n) is 0.994. The molecule has 96 valence electrons. The number of ether oxygens (including phenoxy) is 1. The van der Waals surface area contributed by atoms with E-state index < -0.39 is 11.1 Å². The van der Waals surface area contributed by atoms with E-state index >= 15 is 0 Å². The van der Waals surface area contributed by atoms with Crippen LogP contribution < -0.4 is 4.74 Å². The van der Waals surface area contributed by atoms with Gasteiger partial charge in [0, 0.05) is 5.33 Å². The van der Waals surface area contributed by atoms with Gasteiger partial charge in [-0.3, -0.25) is 0 Å². The molecule has 0 saturated heterocycles. The van der Waals surface area contributed by atoms with Crippen LogP contribution in [0.2, 0.25) is 0 Å². The van der Waals surface area contributed by atoms with Gasteiger partial charge in [-0.15, -0.1) is 0 Å². The highest BCUT2D eigenvalue weighted by molar-refractivity contribution is 9.12. The third kappa shape index (κ3) is 4.91. The van der Waals surface area contributed by atoms with Crippen molar-refractivity contribution in [2.75, 3.05) is 11.9 Å². The van der Waals surface area contributed by atoms with Crippen molar-refractivity contribution in [2.45, 2.75) is 9.72 Å². The van der Waals surface area contributed by atoms with Crippen LogP contribution in [0, 0.1) is 0 Å². The summed E-state index contributed by atoms with van der Waals surface area (Å²) < 4.78 is 26.8. The minimum atomic E-state index is -2.00. The Balaban J connectivity index is 2.90. The lowest BCUT2D eigenvalue weighted by atomic mass is 10.3. The first-order valence-corrected chi connectivity index (χ1v) is 9.11. The second kappa shape index (κ2) is 7.59. The molecule has 0 saturated carbocycles. The summed E-state index contributed by atoms with van der Waals surface area (Å²) >= 11 is 11.4. The van der Waals surface area contributed by atoms with Crippen LogP contribution in [0.3, 0.4) is 0 Å². The summed E-state index contributed by atoms with van der Waals surface area (Å²) in [6.45, 7) is 0.490. The zero-order valence-electron chi connectivity index (χ0n) is 8.33. The molecule has 0 spiro atoms. The van der Waals surface area contributed by atoms with Gasteiger partial charge in [-0.1, -0.05) is 31.9 Å². The number of hydrogen-bond donors (Lipinski definition) is 1. The van der Waals surface area contributed by atoms with E-state index in [2.05, 4.69) is 63.7 Å². The van der Waals surface area contributed by atoms with Gasteiger partial charge in [0.05, 0.1) is 18.7 Å². The predicted octanol–water partition coefficient (Wildman–Crippen LogP) is 4.33. The normalized spacial score (nSPS) is 14.4. The summed E-state index contributed by atoms with van der Waals surface area (Å²) in [7, 11) is 0. The molecule has 1 rings (SSSR count). The van der Waals surface area contributed by atoms with Gasteiger partial charge in [-0.05, 0) is 44.0 Å². The molecule has 0 radical (unpaired) electrons. The van der Waals surface area contributed by atoms with Crippen molar-refractivity contribution in [1.82, 2.24) is 0 Å². The molecule has 0 aromatic heterocycles. The third-order valence-electron chi connectivity index (χ3n) is 1.75.